The van der Waals surface area contributed by atoms with Gasteiger partial charge in [-0.15, -0.1) is 0 Å². The van der Waals surface area contributed by atoms with Gasteiger partial charge in [0.2, 0.25) is 0 Å². The standard InChI is InChI=1S/C14H14/c1-2-3-7-12-9-6-10-13-8-4-5-11-14(12)13/h2-6,8-11H,7H2,1H3/b3-2-. The van der Waals surface area contributed by atoms with Crippen LogP contribution in [0.15, 0.2) is 54.6 Å². The second kappa shape index (κ2) is 4.10. The fourth-order valence-electron chi connectivity index (χ4n) is 1.72. The van der Waals surface area contributed by atoms with E-state index in [4.69, 9.17) is 0 Å². The summed E-state index contributed by atoms with van der Waals surface area (Å²) in [5, 5.41) is 2.70. The van der Waals surface area contributed by atoms with Crippen LogP contribution in [0.2, 0.25) is 0 Å². The van der Waals surface area contributed by atoms with Crippen LogP contribution in [-0.4, -0.2) is 0 Å². The van der Waals surface area contributed by atoms with Gasteiger partial charge < -0.3 is 0 Å². The van der Waals surface area contributed by atoms with Gasteiger partial charge in [0.05, 0.1) is 0 Å². The molecule has 0 amide bonds. The molecule has 0 heterocycles. The summed E-state index contributed by atoms with van der Waals surface area (Å²) in [5.41, 5.74) is 1.40. The van der Waals surface area contributed by atoms with Crippen LogP contribution in [0, 0.1) is 0 Å². The van der Waals surface area contributed by atoms with Gasteiger partial charge >= 0.3 is 0 Å². The average molecular weight is 182 g/mol. The van der Waals surface area contributed by atoms with Crippen molar-refractivity contribution < 1.29 is 0 Å². The van der Waals surface area contributed by atoms with Crippen molar-refractivity contribution in [3.8, 4) is 0 Å². The Bertz CT molecular complexity index is 447. The van der Waals surface area contributed by atoms with Gasteiger partial charge in [-0.05, 0) is 29.7 Å². The van der Waals surface area contributed by atoms with E-state index >= 15 is 0 Å². The molecule has 2 aromatic rings. The highest BCUT2D eigenvalue weighted by Gasteiger charge is 1.96. The first-order chi connectivity index (χ1) is 6.92. The molecule has 2 rings (SSSR count). The van der Waals surface area contributed by atoms with E-state index in [1.807, 2.05) is 0 Å². The Labute approximate surface area is 84.9 Å². The second-order valence-electron chi connectivity index (χ2n) is 3.41. The first kappa shape index (κ1) is 9.01. The van der Waals surface area contributed by atoms with Crippen molar-refractivity contribution in [1.29, 1.82) is 0 Å². The number of fused-ring (bicyclic) bond motifs is 1. The Morgan fingerprint density at radius 1 is 1.00 bits per heavy atom. The van der Waals surface area contributed by atoms with E-state index in [1.165, 1.54) is 16.3 Å². The highest BCUT2D eigenvalue weighted by atomic mass is 14.0. The molecule has 2 aromatic carbocycles. The van der Waals surface area contributed by atoms with Gasteiger partial charge in [0, 0.05) is 0 Å². The number of hydrogen-bond acceptors (Lipinski definition) is 0. The van der Waals surface area contributed by atoms with Gasteiger partial charge in [-0.25, -0.2) is 0 Å². The number of allylic oxidation sites excluding steroid dienone is 2. The minimum absolute atomic E-state index is 1.03. The van der Waals surface area contributed by atoms with Gasteiger partial charge in [0.1, 0.15) is 0 Å². The van der Waals surface area contributed by atoms with Crippen LogP contribution in [0.25, 0.3) is 10.8 Å². The number of benzene rings is 2. The van der Waals surface area contributed by atoms with Crippen molar-refractivity contribution in [1.82, 2.24) is 0 Å². The van der Waals surface area contributed by atoms with E-state index < -0.39 is 0 Å². The Morgan fingerprint density at radius 2 is 1.79 bits per heavy atom. The molecule has 0 bridgehead atoms. The fourth-order valence-corrected chi connectivity index (χ4v) is 1.72. The Kier molecular flexibility index (Phi) is 2.64. The molecule has 0 spiro atoms. The summed E-state index contributed by atoms with van der Waals surface area (Å²) < 4.78 is 0. The lowest BCUT2D eigenvalue weighted by atomic mass is 10.0. The quantitative estimate of drug-likeness (QED) is 0.617. The van der Waals surface area contributed by atoms with Gasteiger partial charge in [0.25, 0.3) is 0 Å². The fraction of sp³-hybridized carbons (Fsp3) is 0.143. The molecule has 0 heteroatoms. The Morgan fingerprint density at radius 3 is 2.64 bits per heavy atom. The molecule has 70 valence electrons. The molecule has 0 aliphatic rings. The van der Waals surface area contributed by atoms with Crippen LogP contribution in [0.1, 0.15) is 12.5 Å². The van der Waals surface area contributed by atoms with Crippen molar-refractivity contribution in [2.24, 2.45) is 0 Å². The molecule has 14 heavy (non-hydrogen) atoms. The number of hydrogen-bond donors (Lipinski definition) is 0. The SMILES string of the molecule is C/C=C\Cc1cccc2ccccc12. The summed E-state index contributed by atoms with van der Waals surface area (Å²) in [6.07, 6.45) is 5.32. The topological polar surface area (TPSA) is 0 Å². The molecule has 0 aliphatic heterocycles. The normalized spacial score (nSPS) is 11.2. The molecule has 0 aromatic heterocycles. The first-order valence-electron chi connectivity index (χ1n) is 4.99. The van der Waals surface area contributed by atoms with Crippen molar-refractivity contribution in [3.05, 3.63) is 60.2 Å². The summed E-state index contributed by atoms with van der Waals surface area (Å²) in [6.45, 7) is 2.06. The zero-order valence-corrected chi connectivity index (χ0v) is 8.40. The lowest BCUT2D eigenvalue weighted by Gasteiger charge is -2.03. The van der Waals surface area contributed by atoms with Crippen LogP contribution in [0.4, 0.5) is 0 Å². The molecular formula is C14H14. The van der Waals surface area contributed by atoms with Gasteiger partial charge in [-0.1, -0.05) is 54.6 Å². The summed E-state index contributed by atoms with van der Waals surface area (Å²) in [6, 6.07) is 15.0. The summed E-state index contributed by atoms with van der Waals surface area (Å²) in [5.74, 6) is 0. The highest BCUT2D eigenvalue weighted by Crippen LogP contribution is 2.18. The van der Waals surface area contributed by atoms with E-state index in [-0.39, 0.29) is 0 Å². The largest absolute Gasteiger partial charge is 0.0913 e. The van der Waals surface area contributed by atoms with Gasteiger partial charge in [-0.2, -0.15) is 0 Å². The van der Waals surface area contributed by atoms with E-state index in [0.29, 0.717) is 0 Å². The molecule has 0 fully saturated rings. The lowest BCUT2D eigenvalue weighted by Crippen LogP contribution is -1.83. The molecular weight excluding hydrogens is 168 g/mol. The second-order valence-corrected chi connectivity index (χ2v) is 3.41. The maximum absolute atomic E-state index is 2.20. The molecule has 0 nitrogen and oxygen atoms in total. The molecule has 0 N–H and O–H groups in total. The van der Waals surface area contributed by atoms with Gasteiger partial charge in [0.15, 0.2) is 0 Å². The summed E-state index contributed by atoms with van der Waals surface area (Å²) in [7, 11) is 0. The van der Waals surface area contributed by atoms with Crippen LogP contribution in [0.5, 0.6) is 0 Å². The first-order valence-corrected chi connectivity index (χ1v) is 4.99. The third-order valence-corrected chi connectivity index (χ3v) is 2.45. The zero-order chi connectivity index (χ0) is 9.80. The predicted octanol–water partition coefficient (Wildman–Crippen LogP) is 3.96. The van der Waals surface area contributed by atoms with Crippen LogP contribution in [0.3, 0.4) is 0 Å². The van der Waals surface area contributed by atoms with Crippen LogP contribution in [-0.2, 0) is 6.42 Å². The Hall–Kier alpha value is -1.56. The third-order valence-electron chi connectivity index (χ3n) is 2.45. The predicted molar refractivity (Wildman–Crippen MR) is 62.5 cm³/mol. The van der Waals surface area contributed by atoms with Crippen LogP contribution < -0.4 is 0 Å². The number of rotatable bonds is 2. The van der Waals surface area contributed by atoms with Crippen molar-refractivity contribution >= 4 is 10.8 Å². The van der Waals surface area contributed by atoms with Gasteiger partial charge in [-0.3, -0.25) is 0 Å². The van der Waals surface area contributed by atoms with E-state index in [1.54, 1.807) is 0 Å². The molecule has 0 saturated heterocycles. The van der Waals surface area contributed by atoms with Crippen molar-refractivity contribution in [3.63, 3.8) is 0 Å². The van der Waals surface area contributed by atoms with E-state index in [0.717, 1.165) is 6.42 Å². The van der Waals surface area contributed by atoms with E-state index in [2.05, 4.69) is 61.5 Å². The molecule has 0 aliphatic carbocycles. The van der Waals surface area contributed by atoms with Crippen molar-refractivity contribution in [2.75, 3.05) is 0 Å². The molecule has 0 unspecified atom stereocenters. The maximum Gasteiger partial charge on any atom is -0.00914 e. The maximum atomic E-state index is 2.20. The molecule has 0 atom stereocenters. The average Bonchev–Trinajstić information content (AvgIpc) is 2.26. The smallest absolute Gasteiger partial charge is 0.00914 e. The Balaban J connectivity index is 2.53. The minimum atomic E-state index is 1.03. The van der Waals surface area contributed by atoms with Crippen molar-refractivity contribution in [2.45, 2.75) is 13.3 Å². The van der Waals surface area contributed by atoms with Crippen LogP contribution >= 0.6 is 0 Å². The summed E-state index contributed by atoms with van der Waals surface area (Å²) in [4.78, 5) is 0. The highest BCUT2D eigenvalue weighted by molar-refractivity contribution is 5.85. The minimum Gasteiger partial charge on any atom is -0.0913 e. The zero-order valence-electron chi connectivity index (χ0n) is 8.40. The molecule has 0 saturated carbocycles. The molecule has 0 radical (unpaired) electrons. The lowest BCUT2D eigenvalue weighted by molar-refractivity contribution is 1.29. The summed E-state index contributed by atoms with van der Waals surface area (Å²) >= 11 is 0. The monoisotopic (exact) mass is 182 g/mol. The third kappa shape index (κ3) is 1.69. The van der Waals surface area contributed by atoms with E-state index in [9.17, 15) is 0 Å².